The third kappa shape index (κ3) is 0.774. The quantitative estimate of drug-likeness (QED) is 0.433. The molecule has 5 heteroatoms. The van der Waals surface area contributed by atoms with Crippen LogP contribution >= 0.6 is 0 Å². The van der Waals surface area contributed by atoms with Gasteiger partial charge in [-0.2, -0.15) is 4.39 Å². The summed E-state index contributed by atoms with van der Waals surface area (Å²) < 4.78 is 11.8. The molecule has 1 aliphatic heterocycles. The van der Waals surface area contributed by atoms with Gasteiger partial charge in [-0.05, 0) is 5.22 Å². The first-order valence-corrected chi connectivity index (χ1v) is 1.58. The molecule has 0 bridgehead atoms. The van der Waals surface area contributed by atoms with Crippen molar-refractivity contribution < 1.29 is 9.50 Å². The molecule has 38 valence electrons. The molecule has 0 amide bonds. The molecule has 1 heterocycles. The summed E-state index contributed by atoms with van der Waals surface area (Å²) in [7, 11) is 0. The van der Waals surface area contributed by atoms with Crippen molar-refractivity contribution in [1.82, 2.24) is 0 Å². The van der Waals surface area contributed by atoms with Crippen molar-refractivity contribution in [2.45, 2.75) is 5.98 Å². The molecule has 1 rings (SSSR count). The second-order valence-electron chi connectivity index (χ2n) is 1.07. The fourth-order valence-electron chi connectivity index (χ4n) is 0.214. The molecule has 0 aliphatic carbocycles. The van der Waals surface area contributed by atoms with E-state index in [1.165, 1.54) is 0 Å². The summed E-state index contributed by atoms with van der Waals surface area (Å²) in [5.74, 6) is -2.64. The summed E-state index contributed by atoms with van der Waals surface area (Å²) >= 11 is 0. The number of nitrogens with zero attached hydrogens (tertiary/aromatic N) is 3. The molecule has 0 spiro atoms. The Morgan fingerprint density at radius 3 is 2.57 bits per heavy atom. The summed E-state index contributed by atoms with van der Waals surface area (Å²) in [6.45, 7) is 0. The predicted octanol–water partition coefficient (Wildman–Crippen LogP) is 0.0536. The van der Waals surface area contributed by atoms with Crippen molar-refractivity contribution in [1.29, 1.82) is 0 Å². The zero-order valence-electron chi connectivity index (χ0n) is 3.24. The first kappa shape index (κ1) is 4.32. The molecule has 0 aromatic heterocycles. The van der Waals surface area contributed by atoms with E-state index in [0.717, 1.165) is 0 Å². The minimum absolute atomic E-state index is 0.604. The van der Waals surface area contributed by atoms with Crippen molar-refractivity contribution in [3.05, 3.63) is 0 Å². The molecule has 0 saturated carbocycles. The highest BCUT2D eigenvalue weighted by molar-refractivity contribution is 5.66. The topological polar surface area (TPSA) is 57.3 Å². The van der Waals surface area contributed by atoms with E-state index < -0.39 is 5.98 Å². The molecule has 0 radical (unpaired) electrons. The van der Waals surface area contributed by atoms with Crippen molar-refractivity contribution in [3.63, 3.8) is 0 Å². The Bertz CT molecular complexity index is 115. The highest BCUT2D eigenvalue weighted by Crippen LogP contribution is 2.10. The van der Waals surface area contributed by atoms with E-state index in [2.05, 4.69) is 15.4 Å². The van der Waals surface area contributed by atoms with E-state index in [1.807, 2.05) is 0 Å². The van der Waals surface area contributed by atoms with Gasteiger partial charge in [0.25, 0.3) is 0 Å². The minimum atomic E-state index is -2.64. The fraction of sp³-hybridized carbons (Fsp3) is 0.500. The van der Waals surface area contributed by atoms with Crippen LogP contribution in [-0.2, 0) is 0 Å². The second kappa shape index (κ2) is 1.06. The fourth-order valence-corrected chi connectivity index (χ4v) is 0.214. The van der Waals surface area contributed by atoms with Gasteiger partial charge in [0, 0.05) is 0 Å². The van der Waals surface area contributed by atoms with E-state index in [1.54, 1.807) is 0 Å². The van der Waals surface area contributed by atoms with Gasteiger partial charge >= 0.3 is 5.98 Å². The summed E-state index contributed by atoms with van der Waals surface area (Å²) in [6.07, 6.45) is 0.604. The Morgan fingerprint density at radius 1 is 1.71 bits per heavy atom. The standard InChI is InChI=1S/C2H2FN3O/c3-2(7)1-4-6-5-2/h1,7H. The zero-order valence-corrected chi connectivity index (χ0v) is 3.24. The molecule has 0 fully saturated rings. The first-order valence-electron chi connectivity index (χ1n) is 1.58. The van der Waals surface area contributed by atoms with E-state index in [-0.39, 0.29) is 0 Å². The summed E-state index contributed by atoms with van der Waals surface area (Å²) in [6, 6.07) is 0. The maximum atomic E-state index is 11.8. The van der Waals surface area contributed by atoms with Crippen molar-refractivity contribution in [3.8, 4) is 0 Å². The summed E-state index contributed by atoms with van der Waals surface area (Å²) in [5.41, 5.74) is 0. The third-order valence-electron chi connectivity index (χ3n) is 0.459. The van der Waals surface area contributed by atoms with Crippen molar-refractivity contribution in [2.24, 2.45) is 15.4 Å². The van der Waals surface area contributed by atoms with E-state index in [0.29, 0.717) is 6.21 Å². The Labute approximate surface area is 38.4 Å². The summed E-state index contributed by atoms with van der Waals surface area (Å²) in [4.78, 5) is 0. The zero-order chi connectivity index (χ0) is 5.33. The normalized spacial score (nSPS) is 37.4. The maximum Gasteiger partial charge on any atom is 0.363 e. The molecule has 4 nitrogen and oxygen atoms in total. The van der Waals surface area contributed by atoms with Crippen LogP contribution in [0.3, 0.4) is 0 Å². The molecule has 7 heavy (non-hydrogen) atoms. The van der Waals surface area contributed by atoms with Crippen LogP contribution in [0.5, 0.6) is 0 Å². The molecule has 0 saturated heterocycles. The van der Waals surface area contributed by atoms with Gasteiger partial charge in [0.05, 0.1) is 0 Å². The Kier molecular flexibility index (Phi) is 0.657. The molecule has 1 N–H and O–H groups in total. The molecule has 1 atom stereocenters. The van der Waals surface area contributed by atoms with Gasteiger partial charge in [0.1, 0.15) is 6.21 Å². The van der Waals surface area contributed by atoms with Gasteiger partial charge in [0.15, 0.2) is 0 Å². The maximum absolute atomic E-state index is 11.8. The van der Waals surface area contributed by atoms with Gasteiger partial charge in [-0.1, -0.05) is 5.11 Å². The van der Waals surface area contributed by atoms with Gasteiger partial charge in [-0.3, -0.25) is 0 Å². The highest BCUT2D eigenvalue weighted by atomic mass is 19.2. The lowest BCUT2D eigenvalue weighted by Crippen LogP contribution is -2.16. The average Bonchev–Trinajstić information content (AvgIpc) is 1.84. The molecular formula is C2H2FN3O. The number of hydrogen-bond donors (Lipinski definition) is 1. The number of hydrogen-bond acceptors (Lipinski definition) is 4. The van der Waals surface area contributed by atoms with Crippen LogP contribution in [0.4, 0.5) is 4.39 Å². The number of aliphatic hydroxyl groups is 1. The van der Waals surface area contributed by atoms with Crippen LogP contribution in [0.25, 0.3) is 0 Å². The molecule has 0 aromatic carbocycles. The Balaban J connectivity index is 2.77. The lowest BCUT2D eigenvalue weighted by molar-refractivity contribution is -0.00866. The van der Waals surface area contributed by atoms with Crippen LogP contribution in [0.15, 0.2) is 15.4 Å². The number of rotatable bonds is 0. The van der Waals surface area contributed by atoms with Gasteiger partial charge < -0.3 is 5.11 Å². The largest absolute Gasteiger partial charge is 0.363 e. The van der Waals surface area contributed by atoms with Crippen LogP contribution in [0, 0.1) is 0 Å². The van der Waals surface area contributed by atoms with Gasteiger partial charge in [0.2, 0.25) is 0 Å². The van der Waals surface area contributed by atoms with E-state index in [9.17, 15) is 4.39 Å². The number of halogens is 1. The molecule has 0 aromatic rings. The molecule has 1 aliphatic rings. The minimum Gasteiger partial charge on any atom is -0.338 e. The smallest absolute Gasteiger partial charge is 0.338 e. The number of alkyl halides is 1. The van der Waals surface area contributed by atoms with Crippen LogP contribution < -0.4 is 0 Å². The lowest BCUT2D eigenvalue weighted by atomic mass is 10.6. The van der Waals surface area contributed by atoms with Crippen LogP contribution in [0.1, 0.15) is 0 Å². The Morgan fingerprint density at radius 2 is 2.43 bits per heavy atom. The monoisotopic (exact) mass is 103 g/mol. The summed E-state index contributed by atoms with van der Waals surface area (Å²) in [5, 5.41) is 16.5. The highest BCUT2D eigenvalue weighted by Gasteiger charge is 2.25. The lowest BCUT2D eigenvalue weighted by Gasteiger charge is -1.95. The van der Waals surface area contributed by atoms with Crippen molar-refractivity contribution in [2.75, 3.05) is 0 Å². The van der Waals surface area contributed by atoms with E-state index >= 15 is 0 Å². The van der Waals surface area contributed by atoms with E-state index in [4.69, 9.17) is 5.11 Å². The second-order valence-corrected chi connectivity index (χ2v) is 1.07. The van der Waals surface area contributed by atoms with Gasteiger partial charge in [-0.25, -0.2) is 0 Å². The first-order chi connectivity index (χ1) is 3.21. The average molecular weight is 103 g/mol. The SMILES string of the molecule is OC1(F)C=NN=N1. The molecule has 1 unspecified atom stereocenters. The third-order valence-corrected chi connectivity index (χ3v) is 0.459. The Hall–Kier alpha value is -0.840. The van der Waals surface area contributed by atoms with Crippen LogP contribution in [0.2, 0.25) is 0 Å². The van der Waals surface area contributed by atoms with Gasteiger partial charge in [-0.15, -0.1) is 5.10 Å². The van der Waals surface area contributed by atoms with Crippen LogP contribution in [-0.4, -0.2) is 17.3 Å². The molecular weight excluding hydrogens is 101 g/mol. The predicted molar refractivity (Wildman–Crippen MR) is 19.4 cm³/mol. The van der Waals surface area contributed by atoms with Crippen molar-refractivity contribution >= 4 is 6.21 Å².